The second kappa shape index (κ2) is 9.69. The standard InChI is InChI=1S/C44H27NO/c1-2-14-29(15-3-1)45-39-23-10-8-18-33(39)38-27-28-13-4-5-16-30(28)43(44(38)45)36-20-7-6-17-31(36)32-25-26-41-42-35(32)21-12-22-37(42)34-19-9-11-24-40(34)46-41/h1-27H. The first-order valence-corrected chi connectivity index (χ1v) is 15.8. The maximum absolute atomic E-state index is 6.47. The van der Waals surface area contributed by atoms with Gasteiger partial charge in [-0.3, -0.25) is 0 Å². The molecule has 0 atom stereocenters. The van der Waals surface area contributed by atoms with Crippen LogP contribution in [0.25, 0.3) is 82.4 Å². The van der Waals surface area contributed by atoms with Crippen LogP contribution in [0.15, 0.2) is 164 Å². The van der Waals surface area contributed by atoms with Crippen LogP contribution < -0.4 is 4.74 Å². The number of ether oxygens (including phenoxy) is 1. The molecule has 0 fully saturated rings. The molecule has 1 aliphatic heterocycles. The average Bonchev–Trinajstić information content (AvgIpc) is 3.45. The number of benzene rings is 8. The quantitative estimate of drug-likeness (QED) is 0.201. The van der Waals surface area contributed by atoms with Gasteiger partial charge in [0.15, 0.2) is 0 Å². The number of fused-ring (bicyclic) bond motifs is 6. The molecule has 2 nitrogen and oxygen atoms in total. The molecule has 214 valence electrons. The minimum absolute atomic E-state index is 0.905. The van der Waals surface area contributed by atoms with E-state index in [4.69, 9.17) is 4.74 Å². The third kappa shape index (κ3) is 3.53. The van der Waals surface area contributed by atoms with Crippen molar-refractivity contribution in [3.8, 4) is 50.6 Å². The molecule has 0 unspecified atom stereocenters. The van der Waals surface area contributed by atoms with Gasteiger partial charge in [-0.1, -0.05) is 127 Å². The van der Waals surface area contributed by atoms with E-state index in [1.54, 1.807) is 0 Å². The summed E-state index contributed by atoms with van der Waals surface area (Å²) in [6.45, 7) is 0. The van der Waals surface area contributed by atoms with Crippen molar-refractivity contribution in [3.05, 3.63) is 164 Å². The van der Waals surface area contributed by atoms with Crippen LogP contribution in [0.4, 0.5) is 0 Å². The van der Waals surface area contributed by atoms with Crippen LogP contribution in [0.3, 0.4) is 0 Å². The van der Waals surface area contributed by atoms with Gasteiger partial charge in [0.1, 0.15) is 11.5 Å². The van der Waals surface area contributed by atoms with Gasteiger partial charge in [-0.2, -0.15) is 0 Å². The highest BCUT2D eigenvalue weighted by Gasteiger charge is 2.24. The summed E-state index contributed by atoms with van der Waals surface area (Å²) in [4.78, 5) is 0. The van der Waals surface area contributed by atoms with Crippen LogP contribution in [0.5, 0.6) is 11.5 Å². The molecule has 1 aliphatic rings. The summed E-state index contributed by atoms with van der Waals surface area (Å²) < 4.78 is 8.92. The molecule has 2 heteroatoms. The zero-order valence-electron chi connectivity index (χ0n) is 24.9. The lowest BCUT2D eigenvalue weighted by Gasteiger charge is -2.23. The number of aromatic nitrogens is 1. The Morgan fingerprint density at radius 3 is 1.96 bits per heavy atom. The van der Waals surface area contributed by atoms with E-state index in [0.29, 0.717) is 0 Å². The van der Waals surface area contributed by atoms with Gasteiger partial charge in [0.05, 0.1) is 11.0 Å². The molecular formula is C44H27NO. The van der Waals surface area contributed by atoms with Crippen LogP contribution in [-0.4, -0.2) is 4.57 Å². The molecule has 2 heterocycles. The van der Waals surface area contributed by atoms with Crippen molar-refractivity contribution in [2.24, 2.45) is 0 Å². The summed E-state index contributed by atoms with van der Waals surface area (Å²) in [5.41, 5.74) is 10.8. The highest BCUT2D eigenvalue weighted by Crippen LogP contribution is 2.51. The van der Waals surface area contributed by atoms with Crippen LogP contribution in [0.1, 0.15) is 0 Å². The van der Waals surface area contributed by atoms with Gasteiger partial charge in [0.2, 0.25) is 0 Å². The van der Waals surface area contributed by atoms with E-state index < -0.39 is 0 Å². The fourth-order valence-electron chi connectivity index (χ4n) is 7.66. The molecule has 0 N–H and O–H groups in total. The monoisotopic (exact) mass is 585 g/mol. The molecule has 0 aliphatic carbocycles. The average molecular weight is 586 g/mol. The highest BCUT2D eigenvalue weighted by molar-refractivity contribution is 6.23. The summed E-state index contributed by atoms with van der Waals surface area (Å²) in [6, 6.07) is 59.0. The smallest absolute Gasteiger partial charge is 0.135 e. The number of hydrogen-bond donors (Lipinski definition) is 0. The van der Waals surface area contributed by atoms with Crippen molar-refractivity contribution in [1.29, 1.82) is 0 Å². The van der Waals surface area contributed by atoms with E-state index in [-0.39, 0.29) is 0 Å². The zero-order valence-corrected chi connectivity index (χ0v) is 24.9. The lowest BCUT2D eigenvalue weighted by molar-refractivity contribution is 0.487. The predicted octanol–water partition coefficient (Wildman–Crippen LogP) is 12.2. The maximum atomic E-state index is 6.47. The highest BCUT2D eigenvalue weighted by atomic mass is 16.5. The Bertz CT molecular complexity index is 2660. The van der Waals surface area contributed by atoms with Gasteiger partial charge in [0, 0.05) is 33.0 Å². The number of para-hydroxylation sites is 3. The summed E-state index contributed by atoms with van der Waals surface area (Å²) in [6.07, 6.45) is 0. The Morgan fingerprint density at radius 2 is 1.07 bits per heavy atom. The topological polar surface area (TPSA) is 14.2 Å². The van der Waals surface area contributed by atoms with Crippen LogP contribution in [0, 0.1) is 0 Å². The van der Waals surface area contributed by atoms with Crippen molar-refractivity contribution < 1.29 is 4.74 Å². The first kappa shape index (κ1) is 25.2. The minimum atomic E-state index is 0.905. The van der Waals surface area contributed by atoms with E-state index in [0.717, 1.165) is 28.1 Å². The van der Waals surface area contributed by atoms with Crippen molar-refractivity contribution >= 4 is 43.4 Å². The first-order chi connectivity index (χ1) is 22.8. The SMILES string of the molecule is c1ccc(-n2c3ccccc3c3cc4ccccc4c(-c4ccccc4-c4ccc5c6c(cccc46)-c4ccccc4O5)c32)cc1. The van der Waals surface area contributed by atoms with Crippen LogP contribution in [-0.2, 0) is 0 Å². The van der Waals surface area contributed by atoms with Gasteiger partial charge in [-0.15, -0.1) is 0 Å². The molecule has 0 bridgehead atoms. The molecule has 0 saturated heterocycles. The fraction of sp³-hybridized carbons (Fsp3) is 0. The maximum Gasteiger partial charge on any atom is 0.135 e. The van der Waals surface area contributed by atoms with Gasteiger partial charge in [0.25, 0.3) is 0 Å². The minimum Gasteiger partial charge on any atom is -0.456 e. The van der Waals surface area contributed by atoms with E-state index in [9.17, 15) is 0 Å². The lowest BCUT2D eigenvalue weighted by atomic mass is 9.86. The van der Waals surface area contributed by atoms with Crippen molar-refractivity contribution in [2.45, 2.75) is 0 Å². The Labute approximate surface area is 266 Å². The Hall–Kier alpha value is -6.12. The molecule has 9 aromatic rings. The first-order valence-electron chi connectivity index (χ1n) is 15.8. The number of rotatable bonds is 3. The van der Waals surface area contributed by atoms with Gasteiger partial charge in [-0.05, 0) is 74.8 Å². The third-order valence-corrected chi connectivity index (χ3v) is 9.58. The molecule has 0 amide bonds. The molecule has 46 heavy (non-hydrogen) atoms. The molecule has 0 radical (unpaired) electrons. The van der Waals surface area contributed by atoms with Crippen molar-refractivity contribution in [3.63, 3.8) is 0 Å². The largest absolute Gasteiger partial charge is 0.456 e. The van der Waals surface area contributed by atoms with E-state index in [2.05, 4.69) is 162 Å². The van der Waals surface area contributed by atoms with Crippen molar-refractivity contribution in [1.82, 2.24) is 4.57 Å². The summed E-state index contributed by atoms with van der Waals surface area (Å²) in [5.74, 6) is 1.81. The summed E-state index contributed by atoms with van der Waals surface area (Å²) in [5, 5.41) is 7.33. The van der Waals surface area contributed by atoms with E-state index >= 15 is 0 Å². The molecule has 0 spiro atoms. The molecule has 1 aromatic heterocycles. The molecule has 0 saturated carbocycles. The van der Waals surface area contributed by atoms with Crippen LogP contribution >= 0.6 is 0 Å². The Morgan fingerprint density at radius 1 is 0.391 bits per heavy atom. The lowest BCUT2D eigenvalue weighted by Crippen LogP contribution is -1.99. The Balaban J connectivity index is 1.35. The molecule has 10 rings (SSSR count). The van der Waals surface area contributed by atoms with E-state index in [1.165, 1.54) is 65.8 Å². The number of nitrogens with zero attached hydrogens (tertiary/aromatic N) is 1. The second-order valence-electron chi connectivity index (χ2n) is 12.0. The van der Waals surface area contributed by atoms with Crippen molar-refractivity contribution in [2.75, 3.05) is 0 Å². The Kier molecular flexibility index (Phi) is 5.31. The van der Waals surface area contributed by atoms with Crippen LogP contribution in [0.2, 0.25) is 0 Å². The van der Waals surface area contributed by atoms with Gasteiger partial charge >= 0.3 is 0 Å². The predicted molar refractivity (Wildman–Crippen MR) is 192 cm³/mol. The zero-order chi connectivity index (χ0) is 30.2. The van der Waals surface area contributed by atoms with Gasteiger partial charge in [-0.25, -0.2) is 0 Å². The summed E-state index contributed by atoms with van der Waals surface area (Å²) >= 11 is 0. The van der Waals surface area contributed by atoms with Gasteiger partial charge < -0.3 is 9.30 Å². The third-order valence-electron chi connectivity index (χ3n) is 9.58. The van der Waals surface area contributed by atoms with E-state index in [1.807, 2.05) is 6.07 Å². The normalized spacial score (nSPS) is 12.1. The summed E-state index contributed by atoms with van der Waals surface area (Å²) in [7, 11) is 0. The fourth-order valence-corrected chi connectivity index (χ4v) is 7.66. The molecular weight excluding hydrogens is 558 g/mol. The number of hydrogen-bond acceptors (Lipinski definition) is 1. The molecule has 8 aromatic carbocycles. The second-order valence-corrected chi connectivity index (χ2v) is 12.0.